The lowest BCUT2D eigenvalue weighted by molar-refractivity contribution is -0.143. The zero-order valence-electron chi connectivity index (χ0n) is 46.8. The van der Waals surface area contributed by atoms with E-state index in [9.17, 15) is 19.8 Å². The molecule has 0 radical (unpaired) electrons. The predicted octanol–water partition coefficient (Wildman–Crippen LogP) is 19.6. The maximum absolute atomic E-state index is 12.4. The summed E-state index contributed by atoms with van der Waals surface area (Å²) in [5.74, 6) is -0.0223. The smallest absolute Gasteiger partial charge is 0.305 e. The van der Waals surface area contributed by atoms with Crippen molar-refractivity contribution >= 4 is 11.9 Å². The van der Waals surface area contributed by atoms with Crippen LogP contribution in [0.3, 0.4) is 0 Å². The highest BCUT2D eigenvalue weighted by molar-refractivity contribution is 5.76. The molecule has 0 bridgehead atoms. The van der Waals surface area contributed by atoms with Crippen LogP contribution in [-0.4, -0.2) is 47.4 Å². The Morgan fingerprint density at radius 1 is 0.391 bits per heavy atom. The van der Waals surface area contributed by atoms with E-state index in [1.165, 1.54) is 283 Å². The maximum Gasteiger partial charge on any atom is 0.305 e. The van der Waals surface area contributed by atoms with Gasteiger partial charge in [-0.15, -0.1) is 0 Å². The van der Waals surface area contributed by atoms with E-state index in [-0.39, 0.29) is 18.5 Å². The number of ether oxygens (including phenoxy) is 1. The van der Waals surface area contributed by atoms with Crippen LogP contribution in [0.2, 0.25) is 0 Å². The molecule has 0 aromatic rings. The van der Waals surface area contributed by atoms with Crippen LogP contribution in [0, 0.1) is 0 Å². The van der Waals surface area contributed by atoms with Crippen LogP contribution in [0.4, 0.5) is 0 Å². The lowest BCUT2D eigenvalue weighted by Crippen LogP contribution is -2.45. The van der Waals surface area contributed by atoms with Gasteiger partial charge < -0.3 is 20.3 Å². The van der Waals surface area contributed by atoms with Crippen LogP contribution in [0.1, 0.15) is 354 Å². The lowest BCUT2D eigenvalue weighted by Gasteiger charge is -2.22. The van der Waals surface area contributed by atoms with Gasteiger partial charge in [0.05, 0.1) is 25.4 Å². The molecule has 410 valence electrons. The summed E-state index contributed by atoms with van der Waals surface area (Å²) >= 11 is 0. The minimum atomic E-state index is -0.664. The third-order valence-corrected chi connectivity index (χ3v) is 14.8. The van der Waals surface area contributed by atoms with Crippen LogP contribution in [-0.2, 0) is 14.3 Å². The van der Waals surface area contributed by atoms with E-state index < -0.39 is 12.1 Å². The van der Waals surface area contributed by atoms with Crippen LogP contribution in [0.25, 0.3) is 0 Å². The van der Waals surface area contributed by atoms with Crippen LogP contribution in [0.15, 0.2) is 12.2 Å². The quantitative estimate of drug-likeness (QED) is 0.0321. The Balaban J connectivity index is 3.35. The first kappa shape index (κ1) is 67.6. The molecular weight excluding hydrogens is 851 g/mol. The summed E-state index contributed by atoms with van der Waals surface area (Å²) in [5, 5.41) is 23.1. The number of esters is 1. The fraction of sp³-hybridized carbons (Fsp3) is 0.937. The summed E-state index contributed by atoms with van der Waals surface area (Å²) in [7, 11) is 0. The van der Waals surface area contributed by atoms with Gasteiger partial charge in [0.15, 0.2) is 0 Å². The van der Waals surface area contributed by atoms with Gasteiger partial charge in [0.2, 0.25) is 5.91 Å². The Bertz CT molecular complexity index is 1030. The maximum atomic E-state index is 12.4. The molecule has 0 aliphatic carbocycles. The summed E-state index contributed by atoms with van der Waals surface area (Å²) in [4.78, 5) is 24.5. The molecule has 69 heavy (non-hydrogen) atoms. The van der Waals surface area contributed by atoms with Gasteiger partial charge in [-0.3, -0.25) is 9.59 Å². The van der Waals surface area contributed by atoms with E-state index in [0.29, 0.717) is 25.9 Å². The van der Waals surface area contributed by atoms with Gasteiger partial charge in [-0.1, -0.05) is 302 Å². The summed E-state index contributed by atoms with van der Waals surface area (Å²) in [6.45, 7) is 4.96. The van der Waals surface area contributed by atoms with Gasteiger partial charge in [0.1, 0.15) is 0 Å². The van der Waals surface area contributed by atoms with Gasteiger partial charge >= 0.3 is 5.97 Å². The highest BCUT2D eigenvalue weighted by Gasteiger charge is 2.20. The second kappa shape index (κ2) is 59.2. The number of allylic oxidation sites excluding steroid dienone is 2. The number of aliphatic hydroxyl groups is 2. The first-order valence-electron chi connectivity index (χ1n) is 31.4. The van der Waals surface area contributed by atoms with Gasteiger partial charge in [0.25, 0.3) is 0 Å². The molecule has 0 fully saturated rings. The molecule has 0 aromatic carbocycles. The second-order valence-corrected chi connectivity index (χ2v) is 21.7. The summed E-state index contributed by atoms with van der Waals surface area (Å²) < 4.78 is 5.50. The average Bonchev–Trinajstić information content (AvgIpc) is 3.35. The minimum Gasteiger partial charge on any atom is -0.466 e. The molecule has 2 unspecified atom stereocenters. The zero-order valence-corrected chi connectivity index (χ0v) is 46.8. The molecule has 6 heteroatoms. The average molecular weight is 975 g/mol. The van der Waals surface area contributed by atoms with Gasteiger partial charge in [-0.05, 0) is 51.4 Å². The number of hydrogen-bond acceptors (Lipinski definition) is 5. The number of aliphatic hydroxyl groups excluding tert-OH is 2. The summed E-state index contributed by atoms with van der Waals surface area (Å²) in [5.41, 5.74) is 0. The largest absolute Gasteiger partial charge is 0.466 e. The Kier molecular flexibility index (Phi) is 58.0. The van der Waals surface area contributed by atoms with Crippen molar-refractivity contribution in [2.75, 3.05) is 13.2 Å². The van der Waals surface area contributed by atoms with Crippen molar-refractivity contribution in [3.63, 3.8) is 0 Å². The number of amides is 1. The highest BCUT2D eigenvalue weighted by atomic mass is 16.5. The Hall–Kier alpha value is -1.40. The van der Waals surface area contributed by atoms with Crippen LogP contribution in [0.5, 0.6) is 0 Å². The van der Waals surface area contributed by atoms with Crippen molar-refractivity contribution in [3.8, 4) is 0 Å². The number of nitrogens with one attached hydrogen (secondary N) is 1. The molecule has 0 aromatic heterocycles. The van der Waals surface area contributed by atoms with Gasteiger partial charge in [-0.2, -0.15) is 0 Å². The van der Waals surface area contributed by atoms with E-state index in [2.05, 4.69) is 31.3 Å². The molecule has 0 spiro atoms. The first-order valence-corrected chi connectivity index (χ1v) is 31.4. The standard InChI is InChI=1S/C63H123NO5/c1-3-5-7-9-11-13-15-16-17-18-28-31-34-37-41-45-49-53-57-63(68)69-58-54-50-46-42-38-35-32-29-26-24-22-20-19-21-23-25-27-30-33-36-40-44-48-52-56-62(67)64-60(59-65)61(66)55-51-47-43-39-14-12-10-8-6-4-2/h21,23,60-61,65-66H,3-20,22,24-59H2,1-2H3,(H,64,67)/b23-21-. The molecule has 2 atom stereocenters. The highest BCUT2D eigenvalue weighted by Crippen LogP contribution is 2.18. The molecule has 0 rings (SSSR count). The summed E-state index contributed by atoms with van der Waals surface area (Å²) in [6.07, 6.45) is 70.9. The van der Waals surface area contributed by atoms with E-state index in [1.54, 1.807) is 0 Å². The number of carbonyl (C=O) groups excluding carboxylic acids is 2. The normalized spacial score (nSPS) is 12.6. The van der Waals surface area contributed by atoms with Crippen molar-refractivity contribution in [1.29, 1.82) is 0 Å². The third kappa shape index (κ3) is 55.8. The molecule has 0 aliphatic rings. The fourth-order valence-corrected chi connectivity index (χ4v) is 9.99. The van der Waals surface area contributed by atoms with Crippen LogP contribution < -0.4 is 5.32 Å². The second-order valence-electron chi connectivity index (χ2n) is 21.7. The van der Waals surface area contributed by atoms with E-state index in [1.807, 2.05) is 0 Å². The van der Waals surface area contributed by atoms with Crippen molar-refractivity contribution in [2.24, 2.45) is 0 Å². The molecule has 3 N–H and O–H groups in total. The van der Waals surface area contributed by atoms with Crippen molar-refractivity contribution in [2.45, 2.75) is 366 Å². The van der Waals surface area contributed by atoms with E-state index in [0.717, 1.165) is 38.5 Å². The topological polar surface area (TPSA) is 95.9 Å². The van der Waals surface area contributed by atoms with Crippen molar-refractivity contribution in [1.82, 2.24) is 5.32 Å². The SMILES string of the molecule is CCCCCCCCCCCCCCCCCCCCC(=O)OCCCCCCCCCCCCCC/C=C\CCCCCCCCCCC(=O)NC(CO)C(O)CCCCCCCCCCCC. The number of unbranched alkanes of at least 4 members (excludes halogenated alkanes) is 46. The van der Waals surface area contributed by atoms with Gasteiger partial charge in [0, 0.05) is 12.8 Å². The van der Waals surface area contributed by atoms with Crippen LogP contribution >= 0.6 is 0 Å². The minimum absolute atomic E-state index is 0.0175. The molecule has 0 heterocycles. The Morgan fingerprint density at radius 2 is 0.681 bits per heavy atom. The monoisotopic (exact) mass is 974 g/mol. The fourth-order valence-electron chi connectivity index (χ4n) is 9.99. The number of carbonyl (C=O) groups is 2. The first-order chi connectivity index (χ1) is 34.0. The zero-order chi connectivity index (χ0) is 50.0. The molecule has 0 aliphatic heterocycles. The third-order valence-electron chi connectivity index (χ3n) is 14.8. The van der Waals surface area contributed by atoms with Gasteiger partial charge in [-0.25, -0.2) is 0 Å². The van der Waals surface area contributed by atoms with Crippen molar-refractivity contribution in [3.05, 3.63) is 12.2 Å². The summed E-state index contributed by atoms with van der Waals surface area (Å²) in [6, 6.07) is -0.542. The molecule has 6 nitrogen and oxygen atoms in total. The molecule has 1 amide bonds. The molecule has 0 saturated heterocycles. The number of hydrogen-bond donors (Lipinski definition) is 3. The Labute approximate surface area is 431 Å². The number of rotatable bonds is 59. The molecular formula is C63H123NO5. The Morgan fingerprint density at radius 3 is 1.03 bits per heavy atom. The van der Waals surface area contributed by atoms with Crippen molar-refractivity contribution < 1.29 is 24.5 Å². The molecule has 0 saturated carbocycles. The van der Waals surface area contributed by atoms with E-state index >= 15 is 0 Å². The predicted molar refractivity (Wildman–Crippen MR) is 301 cm³/mol. The van der Waals surface area contributed by atoms with E-state index in [4.69, 9.17) is 4.74 Å². The lowest BCUT2D eigenvalue weighted by atomic mass is 10.0.